The maximum atomic E-state index is 5.50. The summed E-state index contributed by atoms with van der Waals surface area (Å²) in [6.07, 6.45) is 4.59. The molecule has 0 saturated carbocycles. The maximum absolute atomic E-state index is 5.50. The Bertz CT molecular complexity index is 212. The van der Waals surface area contributed by atoms with E-state index in [1.807, 2.05) is 0 Å². The van der Waals surface area contributed by atoms with Crippen molar-refractivity contribution in [2.24, 2.45) is 5.73 Å². The van der Waals surface area contributed by atoms with Crippen molar-refractivity contribution in [3.63, 3.8) is 0 Å². The van der Waals surface area contributed by atoms with Gasteiger partial charge in [-0.15, -0.1) is 0 Å². The van der Waals surface area contributed by atoms with E-state index in [-0.39, 0.29) is 0 Å². The molecule has 0 aromatic carbocycles. The van der Waals surface area contributed by atoms with Gasteiger partial charge in [0.25, 0.3) is 0 Å². The lowest BCUT2D eigenvalue weighted by Crippen LogP contribution is -2.43. The molecule has 0 aliphatic carbocycles. The molecule has 0 aromatic rings. The highest BCUT2D eigenvalue weighted by atomic mass is 32.1. The largest absolute Gasteiger partial charge is 0.393 e. The first-order chi connectivity index (χ1) is 7.63. The van der Waals surface area contributed by atoms with Crippen molar-refractivity contribution >= 4 is 17.2 Å². The van der Waals surface area contributed by atoms with Crippen LogP contribution in [0.5, 0.6) is 0 Å². The second kappa shape index (κ2) is 7.20. The van der Waals surface area contributed by atoms with Crippen molar-refractivity contribution in [1.82, 2.24) is 9.80 Å². The summed E-state index contributed by atoms with van der Waals surface area (Å²) < 4.78 is 0. The van der Waals surface area contributed by atoms with E-state index in [9.17, 15) is 0 Å². The number of hydrogen-bond acceptors (Lipinski definition) is 3. The molecule has 3 nitrogen and oxygen atoms in total. The van der Waals surface area contributed by atoms with E-state index in [0.29, 0.717) is 4.99 Å². The van der Waals surface area contributed by atoms with Crippen LogP contribution >= 0.6 is 12.2 Å². The summed E-state index contributed by atoms with van der Waals surface area (Å²) >= 11 is 4.89. The zero-order valence-corrected chi connectivity index (χ0v) is 11.4. The zero-order chi connectivity index (χ0) is 12.0. The summed E-state index contributed by atoms with van der Waals surface area (Å²) in [6.45, 7) is 7.06. The zero-order valence-electron chi connectivity index (χ0n) is 10.6. The molecule has 2 N–H and O–H groups in total. The van der Waals surface area contributed by atoms with Gasteiger partial charge in [-0.3, -0.25) is 0 Å². The van der Waals surface area contributed by atoms with E-state index >= 15 is 0 Å². The van der Waals surface area contributed by atoms with Gasteiger partial charge in [0.05, 0.1) is 4.99 Å². The molecule has 0 unspecified atom stereocenters. The first-order valence-corrected chi connectivity index (χ1v) is 6.75. The van der Waals surface area contributed by atoms with Crippen molar-refractivity contribution < 1.29 is 0 Å². The van der Waals surface area contributed by atoms with Crippen molar-refractivity contribution in [2.75, 3.05) is 33.2 Å². The molecule has 1 aliphatic rings. The van der Waals surface area contributed by atoms with E-state index in [2.05, 4.69) is 23.8 Å². The van der Waals surface area contributed by atoms with Gasteiger partial charge in [0, 0.05) is 6.04 Å². The number of nitrogens with two attached hydrogens (primary N) is 1. The number of piperidine rings is 1. The highest BCUT2D eigenvalue weighted by Crippen LogP contribution is 2.15. The second-order valence-electron chi connectivity index (χ2n) is 4.72. The number of nitrogens with zero attached hydrogens (tertiary/aromatic N) is 2. The molecule has 0 aromatic heterocycles. The molecule has 1 aliphatic heterocycles. The van der Waals surface area contributed by atoms with Gasteiger partial charge in [0.1, 0.15) is 0 Å². The van der Waals surface area contributed by atoms with Gasteiger partial charge in [-0.1, -0.05) is 19.1 Å². The van der Waals surface area contributed by atoms with Crippen molar-refractivity contribution in [3.8, 4) is 0 Å². The van der Waals surface area contributed by atoms with Crippen LogP contribution < -0.4 is 5.73 Å². The Morgan fingerprint density at radius 1 is 1.44 bits per heavy atom. The molecule has 1 rings (SSSR count). The molecule has 4 heteroatoms. The van der Waals surface area contributed by atoms with Crippen LogP contribution in [0.15, 0.2) is 0 Å². The normalized spacial score (nSPS) is 19.2. The van der Waals surface area contributed by atoms with E-state index < -0.39 is 0 Å². The Hall–Kier alpha value is -0.190. The summed E-state index contributed by atoms with van der Waals surface area (Å²) in [5.74, 6) is 0. The van der Waals surface area contributed by atoms with Crippen LogP contribution in [0.4, 0.5) is 0 Å². The summed E-state index contributed by atoms with van der Waals surface area (Å²) in [6, 6.07) is 0.758. The minimum absolute atomic E-state index is 0.647. The summed E-state index contributed by atoms with van der Waals surface area (Å²) in [5.41, 5.74) is 5.50. The predicted octanol–water partition coefficient (Wildman–Crippen LogP) is 1.47. The average molecular weight is 243 g/mol. The predicted molar refractivity (Wildman–Crippen MR) is 73.8 cm³/mol. The molecular weight excluding hydrogens is 218 g/mol. The van der Waals surface area contributed by atoms with Gasteiger partial charge in [-0.2, -0.15) is 0 Å². The fourth-order valence-electron chi connectivity index (χ4n) is 2.36. The molecule has 1 saturated heterocycles. The van der Waals surface area contributed by atoms with Crippen LogP contribution in [0, 0.1) is 0 Å². The highest BCUT2D eigenvalue weighted by molar-refractivity contribution is 7.80. The van der Waals surface area contributed by atoms with Crippen LogP contribution in [0.3, 0.4) is 0 Å². The van der Waals surface area contributed by atoms with Gasteiger partial charge < -0.3 is 15.5 Å². The fourth-order valence-corrected chi connectivity index (χ4v) is 2.51. The van der Waals surface area contributed by atoms with Gasteiger partial charge in [0.2, 0.25) is 0 Å². The number of rotatable bonds is 6. The molecule has 0 atom stereocenters. The average Bonchev–Trinajstić information content (AvgIpc) is 2.28. The summed E-state index contributed by atoms with van der Waals surface area (Å²) in [7, 11) is 2.23. The Balaban J connectivity index is 2.17. The molecule has 1 fully saturated rings. The van der Waals surface area contributed by atoms with Crippen molar-refractivity contribution in [3.05, 3.63) is 0 Å². The minimum Gasteiger partial charge on any atom is -0.393 e. The van der Waals surface area contributed by atoms with Crippen LogP contribution in [0.2, 0.25) is 0 Å². The van der Waals surface area contributed by atoms with Gasteiger partial charge in [-0.05, 0) is 58.9 Å². The summed E-state index contributed by atoms with van der Waals surface area (Å²) in [5, 5.41) is 0. The molecule has 0 bridgehead atoms. The standard InChI is InChI=1S/C12H25N3S/c1-3-15-9-6-11(7-10-15)14(2)8-4-5-12(13)16/h11H,3-10H2,1-2H3,(H2,13,16). The quantitative estimate of drug-likeness (QED) is 0.716. The van der Waals surface area contributed by atoms with E-state index in [4.69, 9.17) is 18.0 Å². The Labute approximate surface area is 105 Å². The minimum atomic E-state index is 0.647. The van der Waals surface area contributed by atoms with Gasteiger partial charge >= 0.3 is 0 Å². The molecule has 0 amide bonds. The first kappa shape index (κ1) is 13.9. The van der Waals surface area contributed by atoms with E-state index in [1.54, 1.807) is 0 Å². The molecule has 16 heavy (non-hydrogen) atoms. The smallest absolute Gasteiger partial charge is 0.0727 e. The Morgan fingerprint density at radius 2 is 2.06 bits per heavy atom. The third-order valence-electron chi connectivity index (χ3n) is 3.56. The SMILES string of the molecule is CCN1CCC(N(C)CCCC(N)=S)CC1. The fraction of sp³-hybridized carbons (Fsp3) is 0.917. The second-order valence-corrected chi connectivity index (χ2v) is 5.24. The van der Waals surface area contributed by atoms with Crippen LogP contribution in [0.25, 0.3) is 0 Å². The number of likely N-dealkylation sites (tertiary alicyclic amines) is 1. The molecule has 0 spiro atoms. The van der Waals surface area contributed by atoms with Crippen LogP contribution in [-0.4, -0.2) is 54.1 Å². The topological polar surface area (TPSA) is 32.5 Å². The molecular formula is C12H25N3S. The summed E-state index contributed by atoms with van der Waals surface area (Å²) in [4.78, 5) is 5.65. The highest BCUT2D eigenvalue weighted by Gasteiger charge is 2.20. The lowest BCUT2D eigenvalue weighted by atomic mass is 10.0. The third kappa shape index (κ3) is 4.76. The lowest BCUT2D eigenvalue weighted by molar-refractivity contribution is 0.131. The number of thiocarbonyl (C=S) groups is 1. The first-order valence-electron chi connectivity index (χ1n) is 6.34. The Kier molecular flexibility index (Phi) is 6.24. The van der Waals surface area contributed by atoms with E-state index in [0.717, 1.165) is 25.4 Å². The van der Waals surface area contributed by atoms with Crippen molar-refractivity contribution in [2.45, 2.75) is 38.6 Å². The molecule has 0 radical (unpaired) electrons. The van der Waals surface area contributed by atoms with Gasteiger partial charge in [0.15, 0.2) is 0 Å². The lowest BCUT2D eigenvalue weighted by Gasteiger charge is -2.36. The van der Waals surface area contributed by atoms with Crippen molar-refractivity contribution in [1.29, 1.82) is 0 Å². The van der Waals surface area contributed by atoms with Crippen LogP contribution in [-0.2, 0) is 0 Å². The molecule has 94 valence electrons. The van der Waals surface area contributed by atoms with Crippen LogP contribution in [0.1, 0.15) is 32.6 Å². The monoisotopic (exact) mass is 243 g/mol. The Morgan fingerprint density at radius 3 is 2.56 bits per heavy atom. The van der Waals surface area contributed by atoms with Gasteiger partial charge in [-0.25, -0.2) is 0 Å². The van der Waals surface area contributed by atoms with E-state index in [1.165, 1.54) is 32.5 Å². The maximum Gasteiger partial charge on any atom is 0.0727 e. The number of hydrogen-bond donors (Lipinski definition) is 1. The third-order valence-corrected chi connectivity index (χ3v) is 3.77. The molecule has 1 heterocycles.